The summed E-state index contributed by atoms with van der Waals surface area (Å²) in [5.74, 6) is -0.175. The third-order valence-electron chi connectivity index (χ3n) is 2.87. The molecular weight excluding hydrogens is 332 g/mol. The first-order valence-corrected chi connectivity index (χ1v) is 7.68. The standard InChI is InChI=1S/C16H26N4O3.ClH/c1-12(2)19-16(22)20-14-6-4-5-13(11-14)15(21)18-8-7-17-9-10-23-3;/h4-6,11-12,17H,7-10H2,1-3H3,(H,18,21)(H2,19,20,22);1H. The Hall–Kier alpha value is -1.83. The highest BCUT2D eigenvalue weighted by molar-refractivity contribution is 5.96. The Labute approximate surface area is 149 Å². The van der Waals surface area contributed by atoms with Crippen LogP contribution in [-0.2, 0) is 4.74 Å². The van der Waals surface area contributed by atoms with E-state index in [1.165, 1.54) is 0 Å². The van der Waals surface area contributed by atoms with Crippen molar-refractivity contribution in [3.8, 4) is 0 Å². The van der Waals surface area contributed by atoms with E-state index in [1.54, 1.807) is 31.4 Å². The van der Waals surface area contributed by atoms with Crippen molar-refractivity contribution in [1.82, 2.24) is 16.0 Å². The molecule has 0 saturated heterocycles. The van der Waals surface area contributed by atoms with Crippen LogP contribution >= 0.6 is 12.4 Å². The Kier molecular flexibility index (Phi) is 11.6. The SMILES string of the molecule is COCCNCCNC(=O)c1cccc(NC(=O)NC(C)C)c1.Cl. The van der Waals surface area contributed by atoms with Gasteiger partial charge in [0.05, 0.1) is 6.61 Å². The maximum atomic E-state index is 12.1. The summed E-state index contributed by atoms with van der Waals surface area (Å²) in [6.07, 6.45) is 0. The van der Waals surface area contributed by atoms with Crippen molar-refractivity contribution in [3.63, 3.8) is 0 Å². The van der Waals surface area contributed by atoms with Crippen LogP contribution in [-0.4, -0.2) is 51.3 Å². The molecule has 0 aliphatic carbocycles. The van der Waals surface area contributed by atoms with Crippen LogP contribution in [0.2, 0.25) is 0 Å². The Balaban J connectivity index is 0.00000529. The molecule has 1 aromatic rings. The lowest BCUT2D eigenvalue weighted by molar-refractivity contribution is 0.0953. The van der Waals surface area contributed by atoms with E-state index in [2.05, 4.69) is 21.3 Å². The first-order chi connectivity index (χ1) is 11.0. The number of hydrogen-bond acceptors (Lipinski definition) is 4. The van der Waals surface area contributed by atoms with Crippen LogP contribution in [0.3, 0.4) is 0 Å². The summed E-state index contributed by atoms with van der Waals surface area (Å²) in [6.45, 7) is 6.34. The lowest BCUT2D eigenvalue weighted by Crippen LogP contribution is -2.34. The first kappa shape index (κ1) is 22.2. The number of benzene rings is 1. The number of urea groups is 1. The molecule has 136 valence electrons. The topological polar surface area (TPSA) is 91.5 Å². The van der Waals surface area contributed by atoms with Crippen molar-refractivity contribution < 1.29 is 14.3 Å². The van der Waals surface area contributed by atoms with Crippen molar-refractivity contribution in [2.45, 2.75) is 19.9 Å². The van der Waals surface area contributed by atoms with Gasteiger partial charge in [-0.15, -0.1) is 12.4 Å². The zero-order valence-electron chi connectivity index (χ0n) is 14.3. The van der Waals surface area contributed by atoms with Crippen LogP contribution in [0, 0.1) is 0 Å². The predicted octanol–water partition coefficient (Wildman–Crippen LogP) is 1.60. The van der Waals surface area contributed by atoms with E-state index >= 15 is 0 Å². The number of carbonyl (C=O) groups excluding carboxylic acids is 2. The van der Waals surface area contributed by atoms with Gasteiger partial charge in [0.1, 0.15) is 0 Å². The number of ether oxygens (including phenoxy) is 1. The smallest absolute Gasteiger partial charge is 0.319 e. The molecule has 0 aromatic heterocycles. The fraction of sp³-hybridized carbons (Fsp3) is 0.500. The van der Waals surface area contributed by atoms with E-state index in [1.807, 2.05) is 13.8 Å². The third-order valence-corrected chi connectivity index (χ3v) is 2.87. The number of nitrogens with one attached hydrogen (secondary N) is 4. The molecule has 3 amide bonds. The predicted molar refractivity (Wildman–Crippen MR) is 98.1 cm³/mol. The zero-order valence-corrected chi connectivity index (χ0v) is 15.2. The molecule has 0 atom stereocenters. The highest BCUT2D eigenvalue weighted by Gasteiger charge is 2.08. The van der Waals surface area contributed by atoms with Crippen LogP contribution in [0.4, 0.5) is 10.5 Å². The molecule has 7 nitrogen and oxygen atoms in total. The van der Waals surface area contributed by atoms with Gasteiger partial charge in [-0.2, -0.15) is 0 Å². The van der Waals surface area contributed by atoms with Gasteiger partial charge in [0.25, 0.3) is 5.91 Å². The molecule has 0 spiro atoms. The Bertz CT molecular complexity index is 512. The number of rotatable bonds is 9. The van der Waals surface area contributed by atoms with E-state index < -0.39 is 0 Å². The molecule has 8 heteroatoms. The summed E-state index contributed by atoms with van der Waals surface area (Å²) in [6, 6.07) is 6.58. The minimum atomic E-state index is -0.292. The number of methoxy groups -OCH3 is 1. The van der Waals surface area contributed by atoms with Crippen molar-refractivity contribution in [3.05, 3.63) is 29.8 Å². The molecule has 0 aliphatic rings. The van der Waals surface area contributed by atoms with Crippen LogP contribution in [0.15, 0.2) is 24.3 Å². The van der Waals surface area contributed by atoms with Gasteiger partial charge in [0.15, 0.2) is 0 Å². The second kappa shape index (κ2) is 12.6. The Morgan fingerprint density at radius 1 is 1.17 bits per heavy atom. The maximum absolute atomic E-state index is 12.1. The van der Waals surface area contributed by atoms with Gasteiger partial charge >= 0.3 is 6.03 Å². The Morgan fingerprint density at radius 2 is 1.92 bits per heavy atom. The summed E-state index contributed by atoms with van der Waals surface area (Å²) < 4.78 is 4.92. The molecule has 0 fully saturated rings. The molecular formula is C16H27ClN4O3. The summed E-state index contributed by atoms with van der Waals surface area (Å²) in [5.41, 5.74) is 1.08. The van der Waals surface area contributed by atoms with Gasteiger partial charge in [-0.1, -0.05) is 6.07 Å². The van der Waals surface area contributed by atoms with Gasteiger partial charge in [-0.05, 0) is 32.0 Å². The van der Waals surface area contributed by atoms with Gasteiger partial charge in [0, 0.05) is 44.0 Å². The lowest BCUT2D eigenvalue weighted by atomic mass is 10.2. The second-order valence-corrected chi connectivity index (χ2v) is 5.33. The first-order valence-electron chi connectivity index (χ1n) is 7.68. The molecule has 0 aliphatic heterocycles. The molecule has 4 N–H and O–H groups in total. The van der Waals surface area contributed by atoms with Gasteiger partial charge < -0.3 is 26.0 Å². The molecule has 1 rings (SSSR count). The highest BCUT2D eigenvalue weighted by Crippen LogP contribution is 2.10. The molecule has 0 bridgehead atoms. The molecule has 24 heavy (non-hydrogen) atoms. The van der Waals surface area contributed by atoms with Crippen LogP contribution in [0.1, 0.15) is 24.2 Å². The van der Waals surface area contributed by atoms with E-state index in [4.69, 9.17) is 4.74 Å². The van der Waals surface area contributed by atoms with E-state index in [0.717, 1.165) is 6.54 Å². The van der Waals surface area contributed by atoms with Gasteiger partial charge in [0.2, 0.25) is 0 Å². The summed E-state index contributed by atoms with van der Waals surface area (Å²) >= 11 is 0. The normalized spacial score (nSPS) is 10.0. The quantitative estimate of drug-likeness (QED) is 0.505. The molecule has 1 aromatic carbocycles. The molecule has 0 heterocycles. The van der Waals surface area contributed by atoms with E-state index in [9.17, 15) is 9.59 Å². The summed E-state index contributed by atoms with van der Waals surface area (Å²) in [4.78, 5) is 23.7. The molecule has 0 radical (unpaired) electrons. The minimum absolute atomic E-state index is 0. The van der Waals surface area contributed by atoms with Crippen molar-refractivity contribution in [2.75, 3.05) is 38.7 Å². The van der Waals surface area contributed by atoms with Crippen LogP contribution in [0.25, 0.3) is 0 Å². The molecule has 0 saturated carbocycles. The number of hydrogen-bond donors (Lipinski definition) is 4. The average Bonchev–Trinajstić information content (AvgIpc) is 2.50. The minimum Gasteiger partial charge on any atom is -0.383 e. The van der Waals surface area contributed by atoms with Crippen molar-refractivity contribution >= 4 is 30.0 Å². The number of carbonyl (C=O) groups is 2. The lowest BCUT2D eigenvalue weighted by Gasteiger charge is -2.11. The maximum Gasteiger partial charge on any atom is 0.319 e. The largest absolute Gasteiger partial charge is 0.383 e. The fourth-order valence-corrected chi connectivity index (χ4v) is 1.83. The van der Waals surface area contributed by atoms with Crippen molar-refractivity contribution in [1.29, 1.82) is 0 Å². The number of amides is 3. The average molecular weight is 359 g/mol. The zero-order chi connectivity index (χ0) is 17.1. The summed E-state index contributed by atoms with van der Waals surface area (Å²) in [5, 5.41) is 11.4. The second-order valence-electron chi connectivity index (χ2n) is 5.33. The highest BCUT2D eigenvalue weighted by atomic mass is 35.5. The number of halogens is 1. The Morgan fingerprint density at radius 3 is 2.58 bits per heavy atom. The molecule has 0 unspecified atom stereocenters. The number of anilines is 1. The van der Waals surface area contributed by atoms with Crippen molar-refractivity contribution in [2.24, 2.45) is 0 Å². The van der Waals surface area contributed by atoms with E-state index in [0.29, 0.717) is 30.9 Å². The third kappa shape index (κ3) is 9.34. The fourth-order valence-electron chi connectivity index (χ4n) is 1.83. The van der Waals surface area contributed by atoms with Crippen LogP contribution in [0.5, 0.6) is 0 Å². The monoisotopic (exact) mass is 358 g/mol. The van der Waals surface area contributed by atoms with Gasteiger partial charge in [-0.3, -0.25) is 4.79 Å². The van der Waals surface area contributed by atoms with Gasteiger partial charge in [-0.25, -0.2) is 4.79 Å². The summed E-state index contributed by atoms with van der Waals surface area (Å²) in [7, 11) is 1.64. The van der Waals surface area contributed by atoms with Crippen LogP contribution < -0.4 is 21.3 Å². The van der Waals surface area contributed by atoms with E-state index in [-0.39, 0.29) is 30.4 Å².